The lowest BCUT2D eigenvalue weighted by Crippen LogP contribution is -2.51. The van der Waals surface area contributed by atoms with E-state index in [4.69, 9.17) is 4.74 Å². The van der Waals surface area contributed by atoms with Gasteiger partial charge in [0.1, 0.15) is 5.60 Å². The number of rotatable bonds is 3. The standard InChI is InChI=1S/C15H26O4/c1-9(2)11-7-15(19-13(11)17)10(3)5-6-12(15)14(4,18)8-16/h9-12,16,18H,5-8H2,1-4H3/t10-,11-,12-,14?,15-/m0/s1. The molecule has 1 saturated heterocycles. The molecule has 0 radical (unpaired) electrons. The Hall–Kier alpha value is -0.610. The van der Waals surface area contributed by atoms with Gasteiger partial charge in [-0.2, -0.15) is 0 Å². The van der Waals surface area contributed by atoms with Crippen molar-refractivity contribution < 1.29 is 19.7 Å². The molecule has 4 heteroatoms. The summed E-state index contributed by atoms with van der Waals surface area (Å²) < 4.78 is 5.79. The minimum absolute atomic E-state index is 0.0856. The second kappa shape index (κ2) is 4.74. The van der Waals surface area contributed by atoms with Gasteiger partial charge in [-0.15, -0.1) is 0 Å². The molecule has 2 rings (SSSR count). The predicted molar refractivity (Wildman–Crippen MR) is 71.4 cm³/mol. The van der Waals surface area contributed by atoms with Crippen LogP contribution in [0, 0.1) is 23.7 Å². The molecule has 1 heterocycles. The summed E-state index contributed by atoms with van der Waals surface area (Å²) in [6.07, 6.45) is 2.40. The van der Waals surface area contributed by atoms with E-state index in [1.54, 1.807) is 6.92 Å². The molecule has 0 bridgehead atoms. The maximum absolute atomic E-state index is 12.1. The highest BCUT2D eigenvalue weighted by Crippen LogP contribution is 2.55. The van der Waals surface area contributed by atoms with Crippen molar-refractivity contribution in [1.82, 2.24) is 0 Å². The second-order valence-corrected chi connectivity index (χ2v) is 6.98. The van der Waals surface area contributed by atoms with Gasteiger partial charge in [-0.3, -0.25) is 4.79 Å². The van der Waals surface area contributed by atoms with Crippen molar-refractivity contribution in [2.45, 2.75) is 58.2 Å². The van der Waals surface area contributed by atoms with Gasteiger partial charge in [0.15, 0.2) is 0 Å². The summed E-state index contributed by atoms with van der Waals surface area (Å²) in [6, 6.07) is 0. The van der Waals surface area contributed by atoms with Crippen LogP contribution < -0.4 is 0 Å². The van der Waals surface area contributed by atoms with Gasteiger partial charge in [0.05, 0.1) is 18.1 Å². The van der Waals surface area contributed by atoms with E-state index in [9.17, 15) is 15.0 Å². The summed E-state index contributed by atoms with van der Waals surface area (Å²) in [5.74, 6) is 0.0929. The Morgan fingerprint density at radius 1 is 1.47 bits per heavy atom. The van der Waals surface area contributed by atoms with Crippen LogP contribution in [0.4, 0.5) is 0 Å². The largest absolute Gasteiger partial charge is 0.458 e. The van der Waals surface area contributed by atoms with Crippen molar-refractivity contribution in [3.63, 3.8) is 0 Å². The van der Waals surface area contributed by atoms with Crippen LogP contribution in [0.5, 0.6) is 0 Å². The van der Waals surface area contributed by atoms with Gasteiger partial charge in [0.25, 0.3) is 0 Å². The van der Waals surface area contributed by atoms with E-state index >= 15 is 0 Å². The maximum atomic E-state index is 12.1. The number of hydrogen-bond acceptors (Lipinski definition) is 4. The summed E-state index contributed by atoms with van der Waals surface area (Å²) in [6.45, 7) is 7.50. The average molecular weight is 270 g/mol. The molecule has 2 fully saturated rings. The molecule has 4 nitrogen and oxygen atoms in total. The van der Waals surface area contributed by atoms with Gasteiger partial charge in [0.2, 0.25) is 0 Å². The molecule has 2 aliphatic rings. The predicted octanol–water partition coefficient (Wildman–Crippen LogP) is 1.73. The summed E-state index contributed by atoms with van der Waals surface area (Å²) in [5.41, 5.74) is -1.77. The van der Waals surface area contributed by atoms with E-state index < -0.39 is 11.2 Å². The third-order valence-corrected chi connectivity index (χ3v) is 5.32. The van der Waals surface area contributed by atoms with Crippen molar-refractivity contribution in [2.75, 3.05) is 6.61 Å². The monoisotopic (exact) mass is 270 g/mol. The van der Waals surface area contributed by atoms with Crippen molar-refractivity contribution in [2.24, 2.45) is 23.7 Å². The van der Waals surface area contributed by atoms with Gasteiger partial charge in [-0.1, -0.05) is 20.8 Å². The molecule has 1 unspecified atom stereocenters. The number of aliphatic hydroxyl groups excluding tert-OH is 1. The lowest BCUT2D eigenvalue weighted by atomic mass is 9.72. The number of carbonyl (C=O) groups is 1. The van der Waals surface area contributed by atoms with E-state index in [0.29, 0.717) is 6.42 Å². The van der Waals surface area contributed by atoms with E-state index in [2.05, 4.69) is 6.92 Å². The van der Waals surface area contributed by atoms with Gasteiger partial charge in [-0.05, 0) is 31.6 Å². The van der Waals surface area contributed by atoms with Gasteiger partial charge in [0, 0.05) is 12.3 Å². The molecule has 5 atom stereocenters. The first kappa shape index (κ1) is 14.8. The van der Waals surface area contributed by atoms with E-state index in [-0.39, 0.29) is 36.2 Å². The summed E-state index contributed by atoms with van der Waals surface area (Å²) in [4.78, 5) is 12.1. The fourth-order valence-corrected chi connectivity index (χ4v) is 3.95. The second-order valence-electron chi connectivity index (χ2n) is 6.98. The highest BCUT2D eigenvalue weighted by molar-refractivity contribution is 5.76. The Labute approximate surface area is 115 Å². The highest BCUT2D eigenvalue weighted by atomic mass is 16.6. The lowest BCUT2D eigenvalue weighted by Gasteiger charge is -2.40. The summed E-state index contributed by atoms with van der Waals surface area (Å²) in [5, 5.41) is 19.9. The van der Waals surface area contributed by atoms with Crippen molar-refractivity contribution in [3.8, 4) is 0 Å². The zero-order chi connectivity index (χ0) is 14.4. The molecular weight excluding hydrogens is 244 g/mol. The maximum Gasteiger partial charge on any atom is 0.309 e. The molecule has 0 aromatic rings. The molecule has 1 aliphatic carbocycles. The fraction of sp³-hybridized carbons (Fsp3) is 0.933. The molecule has 1 spiro atoms. The van der Waals surface area contributed by atoms with Crippen LogP contribution in [-0.2, 0) is 9.53 Å². The van der Waals surface area contributed by atoms with Gasteiger partial charge >= 0.3 is 5.97 Å². The molecule has 19 heavy (non-hydrogen) atoms. The van der Waals surface area contributed by atoms with Crippen LogP contribution in [0.15, 0.2) is 0 Å². The fourth-order valence-electron chi connectivity index (χ4n) is 3.95. The smallest absolute Gasteiger partial charge is 0.309 e. The van der Waals surface area contributed by atoms with Crippen molar-refractivity contribution in [3.05, 3.63) is 0 Å². The van der Waals surface area contributed by atoms with Crippen LogP contribution in [0.25, 0.3) is 0 Å². The minimum Gasteiger partial charge on any atom is -0.458 e. The molecule has 2 N–H and O–H groups in total. The zero-order valence-electron chi connectivity index (χ0n) is 12.3. The Kier molecular flexibility index (Phi) is 3.69. The van der Waals surface area contributed by atoms with Crippen LogP contribution in [-0.4, -0.2) is 34.0 Å². The SMILES string of the molecule is CC(C)[C@@H]1C[C@]2(OC1=O)[C@@H](C)CC[C@H]2C(C)(O)CO. The molecule has 1 saturated carbocycles. The van der Waals surface area contributed by atoms with Crippen LogP contribution in [0.2, 0.25) is 0 Å². The Bertz CT molecular complexity index is 363. The molecular formula is C15H26O4. The number of aliphatic hydroxyl groups is 2. The quantitative estimate of drug-likeness (QED) is 0.767. The molecule has 110 valence electrons. The lowest BCUT2D eigenvalue weighted by molar-refractivity contribution is -0.170. The van der Waals surface area contributed by atoms with Crippen LogP contribution >= 0.6 is 0 Å². The number of carbonyl (C=O) groups excluding carboxylic acids is 1. The topological polar surface area (TPSA) is 66.8 Å². The van der Waals surface area contributed by atoms with Gasteiger partial charge in [-0.25, -0.2) is 0 Å². The van der Waals surface area contributed by atoms with Crippen molar-refractivity contribution in [1.29, 1.82) is 0 Å². The highest BCUT2D eigenvalue weighted by Gasteiger charge is 2.62. The Morgan fingerprint density at radius 2 is 2.11 bits per heavy atom. The third kappa shape index (κ3) is 2.19. The Balaban J connectivity index is 2.32. The number of esters is 1. The summed E-state index contributed by atoms with van der Waals surface area (Å²) in [7, 11) is 0. The first-order valence-corrected chi connectivity index (χ1v) is 7.30. The van der Waals surface area contributed by atoms with Crippen molar-refractivity contribution >= 4 is 5.97 Å². The molecule has 0 aromatic heterocycles. The average Bonchev–Trinajstić information content (AvgIpc) is 2.82. The first-order chi connectivity index (χ1) is 8.74. The van der Waals surface area contributed by atoms with E-state index in [1.165, 1.54) is 0 Å². The van der Waals surface area contributed by atoms with Crippen LogP contribution in [0.1, 0.15) is 47.0 Å². The van der Waals surface area contributed by atoms with E-state index in [1.807, 2.05) is 13.8 Å². The van der Waals surface area contributed by atoms with Gasteiger partial charge < -0.3 is 14.9 Å². The molecule has 0 amide bonds. The zero-order valence-corrected chi connectivity index (χ0v) is 12.3. The Morgan fingerprint density at radius 3 is 2.58 bits per heavy atom. The summed E-state index contributed by atoms with van der Waals surface area (Å²) >= 11 is 0. The normalized spacial score (nSPS) is 41.8. The number of ether oxygens (including phenoxy) is 1. The molecule has 0 aromatic carbocycles. The van der Waals surface area contributed by atoms with E-state index in [0.717, 1.165) is 12.8 Å². The minimum atomic E-state index is -1.18. The molecule has 1 aliphatic heterocycles. The first-order valence-electron chi connectivity index (χ1n) is 7.30. The number of hydrogen-bond donors (Lipinski definition) is 2. The third-order valence-electron chi connectivity index (χ3n) is 5.32. The van der Waals surface area contributed by atoms with Crippen LogP contribution in [0.3, 0.4) is 0 Å².